The van der Waals surface area contributed by atoms with Crippen LogP contribution in [0.25, 0.3) is 0 Å². The van der Waals surface area contributed by atoms with Gasteiger partial charge < -0.3 is 11.5 Å². The van der Waals surface area contributed by atoms with Gasteiger partial charge >= 0.3 is 0 Å². The van der Waals surface area contributed by atoms with Crippen LogP contribution in [0.15, 0.2) is 0 Å². The second-order valence-electron chi connectivity index (χ2n) is 4.16. The van der Waals surface area contributed by atoms with E-state index in [1.54, 1.807) is 0 Å². The molecular formula is C8H21ClN2. The molecule has 0 spiro atoms. The first-order valence-corrected chi connectivity index (χ1v) is 3.77. The first kappa shape index (κ1) is 13.8. The van der Waals surface area contributed by atoms with Crippen LogP contribution >= 0.6 is 12.4 Å². The van der Waals surface area contributed by atoms with Gasteiger partial charge in [0.2, 0.25) is 0 Å². The molecule has 11 heavy (non-hydrogen) atoms. The van der Waals surface area contributed by atoms with E-state index >= 15 is 0 Å². The fourth-order valence-corrected chi connectivity index (χ4v) is 0.744. The molecule has 0 aromatic rings. The third kappa shape index (κ3) is 2.97. The van der Waals surface area contributed by atoms with E-state index in [0.29, 0.717) is 5.92 Å². The Balaban J connectivity index is 0. The van der Waals surface area contributed by atoms with Crippen LogP contribution in [-0.4, -0.2) is 11.1 Å². The van der Waals surface area contributed by atoms with E-state index in [-0.39, 0.29) is 23.5 Å². The van der Waals surface area contributed by atoms with Gasteiger partial charge in [0.05, 0.1) is 0 Å². The summed E-state index contributed by atoms with van der Waals surface area (Å²) in [6.07, 6.45) is 0. The average molecular weight is 181 g/mol. The molecule has 0 amide bonds. The molecule has 0 bridgehead atoms. The second kappa shape index (κ2) is 3.74. The molecule has 70 valence electrons. The predicted octanol–water partition coefficient (Wildman–Crippen LogP) is 1.52. The lowest BCUT2D eigenvalue weighted by atomic mass is 9.75. The van der Waals surface area contributed by atoms with Gasteiger partial charge in [-0.3, -0.25) is 0 Å². The first-order valence-electron chi connectivity index (χ1n) is 3.77. The third-order valence-corrected chi connectivity index (χ3v) is 2.59. The van der Waals surface area contributed by atoms with Crippen LogP contribution in [0, 0.1) is 5.92 Å². The molecule has 0 heterocycles. The molecule has 0 aliphatic carbocycles. The zero-order chi connectivity index (χ0) is 8.58. The summed E-state index contributed by atoms with van der Waals surface area (Å²) in [6, 6.07) is 0. The van der Waals surface area contributed by atoms with Crippen LogP contribution in [0.3, 0.4) is 0 Å². The van der Waals surface area contributed by atoms with Crippen LogP contribution in [-0.2, 0) is 0 Å². The maximum absolute atomic E-state index is 6.01. The molecule has 3 heteroatoms. The lowest BCUT2D eigenvalue weighted by Gasteiger charge is -2.41. The number of hydrogen-bond donors (Lipinski definition) is 2. The molecule has 1 unspecified atom stereocenters. The van der Waals surface area contributed by atoms with Crippen LogP contribution in [0.4, 0.5) is 0 Å². The quantitative estimate of drug-likeness (QED) is 0.677. The van der Waals surface area contributed by atoms with E-state index in [0.717, 1.165) is 0 Å². The summed E-state index contributed by atoms with van der Waals surface area (Å²) in [5, 5.41) is 0. The molecule has 0 aromatic heterocycles. The molecule has 0 aliphatic heterocycles. The van der Waals surface area contributed by atoms with Gasteiger partial charge in [0.1, 0.15) is 0 Å². The van der Waals surface area contributed by atoms with E-state index in [9.17, 15) is 0 Å². The lowest BCUT2D eigenvalue weighted by Crippen LogP contribution is -2.63. The van der Waals surface area contributed by atoms with Gasteiger partial charge in [-0.05, 0) is 26.7 Å². The zero-order valence-electron chi connectivity index (χ0n) is 8.14. The SMILES string of the molecule is CC(C)C(C)(N)C(C)(C)N.Cl. The van der Waals surface area contributed by atoms with Gasteiger partial charge in [-0.1, -0.05) is 13.8 Å². The topological polar surface area (TPSA) is 52.0 Å². The summed E-state index contributed by atoms with van der Waals surface area (Å²) in [4.78, 5) is 0. The number of nitrogens with two attached hydrogens (primary N) is 2. The molecule has 0 saturated carbocycles. The minimum atomic E-state index is -0.304. The standard InChI is InChI=1S/C8H20N2.ClH/c1-6(2)8(5,10)7(3,4)9;/h6H,9-10H2,1-5H3;1H. The van der Waals surface area contributed by atoms with Crippen molar-refractivity contribution in [3.63, 3.8) is 0 Å². The number of halogens is 1. The molecule has 0 saturated heterocycles. The van der Waals surface area contributed by atoms with Crippen LogP contribution in [0.5, 0.6) is 0 Å². The van der Waals surface area contributed by atoms with Gasteiger partial charge in [0.15, 0.2) is 0 Å². The Kier molecular flexibility index (Phi) is 4.69. The Hall–Kier alpha value is 0.210. The van der Waals surface area contributed by atoms with Crippen molar-refractivity contribution < 1.29 is 0 Å². The van der Waals surface area contributed by atoms with Crippen molar-refractivity contribution in [2.45, 2.75) is 45.7 Å². The van der Waals surface area contributed by atoms with Crippen molar-refractivity contribution in [1.82, 2.24) is 0 Å². The molecule has 0 aromatic carbocycles. The summed E-state index contributed by atoms with van der Waals surface area (Å²) in [5.74, 6) is 0.410. The van der Waals surface area contributed by atoms with Crippen molar-refractivity contribution in [3.05, 3.63) is 0 Å². The van der Waals surface area contributed by atoms with Crippen LogP contribution in [0.1, 0.15) is 34.6 Å². The summed E-state index contributed by atoms with van der Waals surface area (Å²) in [6.45, 7) is 10.1. The Bertz CT molecular complexity index is 114. The molecule has 4 N–H and O–H groups in total. The first-order chi connectivity index (χ1) is 4.19. The normalized spacial score (nSPS) is 17.5. The zero-order valence-corrected chi connectivity index (χ0v) is 8.96. The van der Waals surface area contributed by atoms with Gasteiger partial charge in [0.25, 0.3) is 0 Å². The van der Waals surface area contributed by atoms with E-state index in [1.165, 1.54) is 0 Å². The van der Waals surface area contributed by atoms with Crippen LogP contribution in [0.2, 0.25) is 0 Å². The van der Waals surface area contributed by atoms with Gasteiger partial charge in [0, 0.05) is 11.1 Å². The predicted molar refractivity (Wildman–Crippen MR) is 52.9 cm³/mol. The molecule has 0 radical (unpaired) electrons. The second-order valence-corrected chi connectivity index (χ2v) is 4.16. The monoisotopic (exact) mass is 180 g/mol. The molecular weight excluding hydrogens is 160 g/mol. The summed E-state index contributed by atoms with van der Waals surface area (Å²) < 4.78 is 0. The van der Waals surface area contributed by atoms with Crippen molar-refractivity contribution in [2.24, 2.45) is 17.4 Å². The fourth-order valence-electron chi connectivity index (χ4n) is 0.744. The smallest absolute Gasteiger partial charge is 0.0326 e. The fraction of sp³-hybridized carbons (Fsp3) is 1.00. The largest absolute Gasteiger partial charge is 0.324 e. The molecule has 0 aliphatic rings. The number of rotatable bonds is 2. The van der Waals surface area contributed by atoms with Gasteiger partial charge in [-0.25, -0.2) is 0 Å². The van der Waals surface area contributed by atoms with Crippen molar-refractivity contribution in [1.29, 1.82) is 0 Å². The van der Waals surface area contributed by atoms with Crippen molar-refractivity contribution in [2.75, 3.05) is 0 Å². The molecule has 2 nitrogen and oxygen atoms in total. The number of hydrogen-bond acceptors (Lipinski definition) is 2. The highest BCUT2D eigenvalue weighted by atomic mass is 35.5. The Labute approximate surface area is 76.1 Å². The highest BCUT2D eigenvalue weighted by Crippen LogP contribution is 2.23. The maximum Gasteiger partial charge on any atom is 0.0326 e. The minimum Gasteiger partial charge on any atom is -0.324 e. The highest BCUT2D eigenvalue weighted by molar-refractivity contribution is 5.85. The average Bonchev–Trinajstić information content (AvgIpc) is 1.62. The Morgan fingerprint density at radius 3 is 1.27 bits per heavy atom. The van der Waals surface area contributed by atoms with Crippen LogP contribution < -0.4 is 11.5 Å². The Morgan fingerprint density at radius 1 is 1.00 bits per heavy atom. The maximum atomic E-state index is 6.01. The summed E-state index contributed by atoms with van der Waals surface area (Å²) in [5.41, 5.74) is 11.3. The van der Waals surface area contributed by atoms with Gasteiger partial charge in [-0.2, -0.15) is 0 Å². The molecule has 1 atom stereocenters. The van der Waals surface area contributed by atoms with E-state index in [2.05, 4.69) is 13.8 Å². The minimum absolute atomic E-state index is 0. The van der Waals surface area contributed by atoms with E-state index in [4.69, 9.17) is 11.5 Å². The van der Waals surface area contributed by atoms with Crippen molar-refractivity contribution >= 4 is 12.4 Å². The van der Waals surface area contributed by atoms with Gasteiger partial charge in [-0.15, -0.1) is 12.4 Å². The summed E-state index contributed by atoms with van der Waals surface area (Å²) >= 11 is 0. The molecule has 0 fully saturated rings. The van der Waals surface area contributed by atoms with E-state index in [1.807, 2.05) is 20.8 Å². The van der Waals surface area contributed by atoms with Crippen molar-refractivity contribution in [3.8, 4) is 0 Å². The molecule has 0 rings (SSSR count). The van der Waals surface area contributed by atoms with E-state index < -0.39 is 0 Å². The summed E-state index contributed by atoms with van der Waals surface area (Å²) in [7, 11) is 0. The Morgan fingerprint density at radius 2 is 1.27 bits per heavy atom. The third-order valence-electron chi connectivity index (χ3n) is 2.59. The highest BCUT2D eigenvalue weighted by Gasteiger charge is 2.36. The lowest BCUT2D eigenvalue weighted by molar-refractivity contribution is 0.210.